The van der Waals surface area contributed by atoms with Gasteiger partial charge in [0.05, 0.1) is 5.56 Å². The zero-order chi connectivity index (χ0) is 23.9. The van der Waals surface area contributed by atoms with Crippen LogP contribution in [-0.4, -0.2) is 24.2 Å². The number of hydrogen-bond donors (Lipinski definition) is 2. The molecule has 2 N–H and O–H groups in total. The van der Waals surface area contributed by atoms with E-state index in [4.69, 9.17) is 2.74 Å². The van der Waals surface area contributed by atoms with Gasteiger partial charge in [-0.3, -0.25) is 0 Å². The van der Waals surface area contributed by atoms with Gasteiger partial charge in [-0.05, 0) is 95.5 Å². The Kier molecular flexibility index (Phi) is 4.88. The molecule has 1 fully saturated rings. The number of piperidine rings is 1. The van der Waals surface area contributed by atoms with E-state index in [1.165, 1.54) is 5.56 Å². The van der Waals surface area contributed by atoms with Crippen LogP contribution in [0.25, 0.3) is 33.0 Å². The predicted octanol–water partition coefficient (Wildman–Crippen LogP) is 6.65. The molecule has 1 aliphatic heterocycles. The minimum Gasteiger partial charge on any atom is -0.478 e. The van der Waals surface area contributed by atoms with Crippen LogP contribution in [0.15, 0.2) is 78.9 Å². The Bertz CT molecular complexity index is 1370. The summed E-state index contributed by atoms with van der Waals surface area (Å²) in [6, 6.07) is 25.7. The molecule has 160 valence electrons. The van der Waals surface area contributed by atoms with Gasteiger partial charge in [0, 0.05) is 2.74 Å². The highest BCUT2D eigenvalue weighted by molar-refractivity contribution is 6.04. The van der Waals surface area contributed by atoms with E-state index in [9.17, 15) is 9.90 Å². The monoisotopic (exact) mass is 425 g/mol. The van der Waals surface area contributed by atoms with Crippen LogP contribution in [0.4, 0.5) is 0 Å². The summed E-state index contributed by atoms with van der Waals surface area (Å²) in [5, 5.41) is 14.8. The van der Waals surface area contributed by atoms with Crippen molar-refractivity contribution in [1.82, 2.24) is 5.32 Å². The van der Waals surface area contributed by atoms with Gasteiger partial charge in [-0.1, -0.05) is 66.2 Å². The molecule has 0 saturated carbocycles. The highest BCUT2D eigenvalue weighted by Gasteiger charge is 2.16. The molecule has 5 rings (SSSR count). The molecule has 0 amide bonds. The number of hydrogen-bond acceptors (Lipinski definition) is 2. The second-order valence-electron chi connectivity index (χ2n) is 8.39. The zero-order valence-corrected chi connectivity index (χ0v) is 18.1. The molecule has 3 nitrogen and oxygen atoms in total. The SMILES string of the molecule is [3H]C1CNCCC1([3H])c1ccc(-c2cc(C(=O)O)cc3cc(-c4ccc(C)cc4)ccc23)cc1. The Hall–Kier alpha value is -3.43. The Morgan fingerprint density at radius 2 is 1.66 bits per heavy atom. The van der Waals surface area contributed by atoms with Crippen LogP contribution < -0.4 is 5.32 Å². The van der Waals surface area contributed by atoms with Crippen molar-refractivity contribution >= 4 is 16.7 Å². The topological polar surface area (TPSA) is 49.3 Å². The van der Waals surface area contributed by atoms with E-state index in [1.54, 1.807) is 12.1 Å². The third-order valence-electron chi connectivity index (χ3n) is 6.22. The second kappa shape index (κ2) is 8.60. The molecule has 4 aromatic rings. The summed E-state index contributed by atoms with van der Waals surface area (Å²) in [5.41, 5.74) is 6.15. The number of carbonyl (C=O) groups is 1. The number of carboxylic acid groups (broad SMARTS) is 1. The molecule has 2 atom stereocenters. The Morgan fingerprint density at radius 1 is 0.938 bits per heavy atom. The van der Waals surface area contributed by atoms with E-state index in [1.807, 2.05) is 30.3 Å². The van der Waals surface area contributed by atoms with Crippen LogP contribution in [0.2, 0.25) is 0 Å². The van der Waals surface area contributed by atoms with E-state index in [-0.39, 0.29) is 5.56 Å². The van der Waals surface area contributed by atoms with Crippen molar-refractivity contribution in [3.05, 3.63) is 95.6 Å². The lowest BCUT2D eigenvalue weighted by Crippen LogP contribution is -2.26. The summed E-state index contributed by atoms with van der Waals surface area (Å²) < 4.78 is 17.2. The molecule has 1 heterocycles. The molecule has 4 aromatic carbocycles. The molecule has 0 radical (unpaired) electrons. The van der Waals surface area contributed by atoms with E-state index >= 15 is 0 Å². The van der Waals surface area contributed by atoms with Gasteiger partial charge in [0.2, 0.25) is 0 Å². The van der Waals surface area contributed by atoms with Crippen LogP contribution in [0.1, 0.15) is 42.9 Å². The Balaban J connectivity index is 1.59. The molecular formula is C29H27NO2. The average molecular weight is 426 g/mol. The summed E-state index contributed by atoms with van der Waals surface area (Å²) in [4.78, 5) is 11.9. The van der Waals surface area contributed by atoms with Crippen molar-refractivity contribution in [1.29, 1.82) is 0 Å². The standard InChI is InChI=1S/C29H27NO2/c1-19-2-4-21(5-3-19)24-10-11-27-25(16-24)17-26(29(31)32)18-28(27)23-8-6-20(7-9-23)22-12-14-30-15-13-22/h2-11,16-18,22,30H,12-15H2,1H3,(H,31,32)/i12T,22T. The van der Waals surface area contributed by atoms with Gasteiger partial charge >= 0.3 is 5.97 Å². The normalized spacial score (nSPS) is 21.7. The molecule has 3 heteroatoms. The maximum absolute atomic E-state index is 11.9. The molecule has 0 spiro atoms. The summed E-state index contributed by atoms with van der Waals surface area (Å²) in [6.07, 6.45) is 0.0724. The van der Waals surface area contributed by atoms with Crippen LogP contribution >= 0.6 is 0 Å². The van der Waals surface area contributed by atoms with Crippen molar-refractivity contribution in [2.75, 3.05) is 13.1 Å². The minimum atomic E-state index is -0.961. The second-order valence-corrected chi connectivity index (χ2v) is 8.39. The first-order valence-electron chi connectivity index (χ1n) is 12.0. The van der Waals surface area contributed by atoms with Crippen molar-refractivity contribution in [3.8, 4) is 22.3 Å². The summed E-state index contributed by atoms with van der Waals surface area (Å²) in [5.74, 6) is -1.89. The number of carboxylic acids is 1. The smallest absolute Gasteiger partial charge is 0.335 e. The molecule has 1 aliphatic rings. The van der Waals surface area contributed by atoms with Crippen LogP contribution in [0, 0.1) is 6.92 Å². The molecule has 1 saturated heterocycles. The van der Waals surface area contributed by atoms with Crippen LogP contribution in [0.5, 0.6) is 0 Å². The van der Waals surface area contributed by atoms with Gasteiger partial charge in [-0.2, -0.15) is 0 Å². The minimum absolute atomic E-state index is 0.245. The van der Waals surface area contributed by atoms with Crippen molar-refractivity contribution in [2.45, 2.75) is 25.6 Å². The number of rotatable bonds is 4. The Morgan fingerprint density at radius 3 is 2.38 bits per heavy atom. The zero-order valence-electron chi connectivity index (χ0n) is 20.1. The maximum Gasteiger partial charge on any atom is 0.335 e. The van der Waals surface area contributed by atoms with Crippen LogP contribution in [0.3, 0.4) is 0 Å². The van der Waals surface area contributed by atoms with Crippen molar-refractivity contribution in [3.63, 3.8) is 0 Å². The molecule has 0 aromatic heterocycles. The summed E-state index contributed by atoms with van der Waals surface area (Å²) in [7, 11) is 0. The molecule has 32 heavy (non-hydrogen) atoms. The maximum atomic E-state index is 11.9. The first-order valence-corrected chi connectivity index (χ1v) is 11.0. The van der Waals surface area contributed by atoms with Crippen molar-refractivity contribution in [2.24, 2.45) is 0 Å². The number of nitrogens with one attached hydrogen (secondary N) is 1. The molecular weight excluding hydrogens is 394 g/mol. The third-order valence-corrected chi connectivity index (χ3v) is 6.22. The number of aryl methyl sites for hydroxylation is 1. The van der Waals surface area contributed by atoms with E-state index in [2.05, 4.69) is 48.6 Å². The fourth-order valence-corrected chi connectivity index (χ4v) is 4.41. The number of benzene rings is 4. The van der Waals surface area contributed by atoms with Gasteiger partial charge < -0.3 is 10.4 Å². The lowest BCUT2D eigenvalue weighted by Gasteiger charge is -2.23. The summed E-state index contributed by atoms with van der Waals surface area (Å²) >= 11 is 0. The number of aromatic carboxylic acids is 1. The fraction of sp³-hybridized carbons (Fsp3) is 0.207. The molecule has 0 bridgehead atoms. The highest BCUT2D eigenvalue weighted by atomic mass is 16.4. The van der Waals surface area contributed by atoms with E-state index in [0.717, 1.165) is 45.1 Å². The average Bonchev–Trinajstić information content (AvgIpc) is 2.85. The fourth-order valence-electron chi connectivity index (χ4n) is 4.41. The predicted molar refractivity (Wildman–Crippen MR) is 131 cm³/mol. The van der Waals surface area contributed by atoms with Crippen LogP contribution in [-0.2, 0) is 0 Å². The lowest BCUT2D eigenvalue weighted by atomic mass is 9.88. The lowest BCUT2D eigenvalue weighted by molar-refractivity contribution is 0.0697. The van der Waals surface area contributed by atoms with E-state index in [0.29, 0.717) is 13.0 Å². The van der Waals surface area contributed by atoms with Gasteiger partial charge in [-0.15, -0.1) is 0 Å². The van der Waals surface area contributed by atoms with Gasteiger partial charge in [-0.25, -0.2) is 4.79 Å². The molecule has 0 aliphatic carbocycles. The van der Waals surface area contributed by atoms with Gasteiger partial charge in [0.15, 0.2) is 0 Å². The Labute approximate surface area is 191 Å². The highest BCUT2D eigenvalue weighted by Crippen LogP contribution is 2.35. The number of fused-ring (bicyclic) bond motifs is 1. The van der Waals surface area contributed by atoms with E-state index < -0.39 is 18.3 Å². The summed E-state index contributed by atoms with van der Waals surface area (Å²) in [6.45, 7) is 3.30. The third kappa shape index (κ3) is 4.04. The van der Waals surface area contributed by atoms with Crippen molar-refractivity contribution < 1.29 is 12.6 Å². The largest absolute Gasteiger partial charge is 0.478 e. The van der Waals surface area contributed by atoms with Gasteiger partial charge in [0.25, 0.3) is 0 Å². The first-order chi connectivity index (χ1) is 16.3. The van der Waals surface area contributed by atoms with Gasteiger partial charge in [0.1, 0.15) is 0 Å². The molecule has 2 unspecified atom stereocenters. The first kappa shape index (κ1) is 18.2. The quantitative estimate of drug-likeness (QED) is 0.385.